The van der Waals surface area contributed by atoms with E-state index in [1.165, 1.54) is 6.08 Å². The molecule has 0 unspecified atom stereocenters. The number of hydrogen-bond donors (Lipinski definition) is 1. The van der Waals surface area contributed by atoms with Gasteiger partial charge in [-0.25, -0.2) is 9.69 Å². The SMILES string of the molecule is CCc1ccc(N2C(=O)NC(=O)/C(=C\c3ccc(N4CCOCC4)o3)C2=O)cc1. The molecule has 1 aromatic carbocycles. The van der Waals surface area contributed by atoms with Crippen LogP contribution in [0.2, 0.25) is 0 Å². The minimum atomic E-state index is -0.769. The first-order valence-electron chi connectivity index (χ1n) is 9.49. The summed E-state index contributed by atoms with van der Waals surface area (Å²) >= 11 is 0. The number of benzene rings is 1. The molecule has 29 heavy (non-hydrogen) atoms. The van der Waals surface area contributed by atoms with E-state index in [0.717, 1.165) is 16.9 Å². The first-order valence-corrected chi connectivity index (χ1v) is 9.49. The van der Waals surface area contributed by atoms with Gasteiger partial charge >= 0.3 is 6.03 Å². The molecule has 4 rings (SSSR count). The third kappa shape index (κ3) is 3.79. The van der Waals surface area contributed by atoms with Crippen molar-refractivity contribution in [2.45, 2.75) is 13.3 Å². The molecule has 8 nitrogen and oxygen atoms in total. The number of imide groups is 2. The summed E-state index contributed by atoms with van der Waals surface area (Å²) in [5.74, 6) is -0.425. The Balaban J connectivity index is 1.60. The van der Waals surface area contributed by atoms with Crippen LogP contribution < -0.4 is 15.1 Å². The zero-order valence-electron chi connectivity index (χ0n) is 16.0. The van der Waals surface area contributed by atoms with Gasteiger partial charge in [-0.2, -0.15) is 0 Å². The Morgan fingerprint density at radius 3 is 2.45 bits per heavy atom. The number of morpholine rings is 1. The van der Waals surface area contributed by atoms with Crippen molar-refractivity contribution < 1.29 is 23.5 Å². The van der Waals surface area contributed by atoms with Gasteiger partial charge in [0.15, 0.2) is 5.88 Å². The van der Waals surface area contributed by atoms with Gasteiger partial charge in [-0.15, -0.1) is 0 Å². The van der Waals surface area contributed by atoms with E-state index in [1.54, 1.807) is 24.3 Å². The molecule has 2 fully saturated rings. The van der Waals surface area contributed by atoms with E-state index in [2.05, 4.69) is 5.32 Å². The maximum Gasteiger partial charge on any atom is 0.335 e. The Morgan fingerprint density at radius 1 is 1.03 bits per heavy atom. The normalized spacial score (nSPS) is 19.1. The van der Waals surface area contributed by atoms with E-state index in [0.29, 0.717) is 43.6 Å². The van der Waals surface area contributed by atoms with E-state index in [-0.39, 0.29) is 5.57 Å². The molecule has 2 aliphatic heterocycles. The monoisotopic (exact) mass is 395 g/mol. The molecule has 1 N–H and O–H groups in total. The molecule has 4 amide bonds. The van der Waals surface area contributed by atoms with Crippen LogP contribution in [0.25, 0.3) is 6.08 Å². The number of carbonyl (C=O) groups excluding carboxylic acids is 3. The lowest BCUT2D eigenvalue weighted by molar-refractivity contribution is -0.122. The Morgan fingerprint density at radius 2 is 1.76 bits per heavy atom. The van der Waals surface area contributed by atoms with Crippen molar-refractivity contribution in [2.75, 3.05) is 36.1 Å². The summed E-state index contributed by atoms with van der Waals surface area (Å²) in [6.45, 7) is 4.66. The summed E-state index contributed by atoms with van der Waals surface area (Å²) in [4.78, 5) is 40.5. The number of urea groups is 1. The van der Waals surface area contributed by atoms with Crippen molar-refractivity contribution >= 4 is 35.5 Å². The predicted molar refractivity (Wildman–Crippen MR) is 107 cm³/mol. The van der Waals surface area contributed by atoms with Crippen molar-refractivity contribution in [3.63, 3.8) is 0 Å². The highest BCUT2D eigenvalue weighted by Gasteiger charge is 2.37. The number of carbonyl (C=O) groups is 3. The fraction of sp³-hybridized carbons (Fsp3) is 0.286. The molecule has 1 aromatic heterocycles. The fourth-order valence-electron chi connectivity index (χ4n) is 3.29. The van der Waals surface area contributed by atoms with Crippen LogP contribution in [0, 0.1) is 0 Å². The smallest absolute Gasteiger partial charge is 0.335 e. The number of rotatable bonds is 4. The lowest BCUT2D eigenvalue weighted by Crippen LogP contribution is -2.54. The largest absolute Gasteiger partial charge is 0.441 e. The van der Waals surface area contributed by atoms with Gasteiger partial charge in [-0.3, -0.25) is 14.9 Å². The molecule has 3 heterocycles. The molecule has 2 aliphatic rings. The summed E-state index contributed by atoms with van der Waals surface area (Å²) in [7, 11) is 0. The number of nitrogens with one attached hydrogen (secondary N) is 1. The van der Waals surface area contributed by atoms with Crippen molar-refractivity contribution in [3.05, 3.63) is 53.3 Å². The number of ether oxygens (including phenoxy) is 1. The molecule has 0 atom stereocenters. The molecule has 2 saturated heterocycles. The Hall–Kier alpha value is -3.39. The summed E-state index contributed by atoms with van der Waals surface area (Å²) in [6, 6.07) is 9.77. The number of hydrogen-bond acceptors (Lipinski definition) is 6. The van der Waals surface area contributed by atoms with Crippen LogP contribution in [0.1, 0.15) is 18.2 Å². The number of anilines is 2. The molecule has 0 radical (unpaired) electrons. The Bertz CT molecular complexity index is 970. The van der Waals surface area contributed by atoms with E-state index in [9.17, 15) is 14.4 Å². The average Bonchev–Trinajstić information content (AvgIpc) is 3.21. The van der Waals surface area contributed by atoms with E-state index >= 15 is 0 Å². The third-order valence-corrected chi connectivity index (χ3v) is 4.93. The van der Waals surface area contributed by atoms with Crippen molar-refractivity contribution in [3.8, 4) is 0 Å². The van der Waals surface area contributed by atoms with Crippen LogP contribution >= 0.6 is 0 Å². The van der Waals surface area contributed by atoms with Crippen LogP contribution in [-0.4, -0.2) is 44.1 Å². The first-order chi connectivity index (χ1) is 14.1. The Labute approximate surface area is 167 Å². The first kappa shape index (κ1) is 18.9. The zero-order valence-corrected chi connectivity index (χ0v) is 16.0. The maximum atomic E-state index is 12.9. The number of nitrogens with zero attached hydrogens (tertiary/aromatic N) is 2. The van der Waals surface area contributed by atoms with Crippen LogP contribution in [0.15, 0.2) is 46.4 Å². The standard InChI is InChI=1S/C21H21N3O5/c1-2-14-3-5-15(6-4-14)24-20(26)17(19(25)22-21(24)27)13-16-7-8-18(29-16)23-9-11-28-12-10-23/h3-8,13H,2,9-12H2,1H3,(H,22,25,27)/b17-13+. The van der Waals surface area contributed by atoms with Gasteiger partial charge < -0.3 is 14.1 Å². The van der Waals surface area contributed by atoms with Crippen molar-refractivity contribution in [1.82, 2.24) is 5.32 Å². The second kappa shape index (κ2) is 7.92. The van der Waals surface area contributed by atoms with Gasteiger partial charge in [0.1, 0.15) is 11.3 Å². The second-order valence-electron chi connectivity index (χ2n) is 6.75. The van der Waals surface area contributed by atoms with Crippen molar-refractivity contribution in [2.24, 2.45) is 0 Å². The average molecular weight is 395 g/mol. The van der Waals surface area contributed by atoms with E-state index in [4.69, 9.17) is 9.15 Å². The minimum absolute atomic E-state index is 0.160. The molecule has 0 bridgehead atoms. The highest BCUT2D eigenvalue weighted by Crippen LogP contribution is 2.25. The van der Waals surface area contributed by atoms with Crippen molar-refractivity contribution in [1.29, 1.82) is 0 Å². The fourth-order valence-corrected chi connectivity index (χ4v) is 3.29. The van der Waals surface area contributed by atoms with Gasteiger partial charge in [0.25, 0.3) is 11.8 Å². The number of amides is 4. The van der Waals surface area contributed by atoms with Gasteiger partial charge in [-0.05, 0) is 36.3 Å². The van der Waals surface area contributed by atoms with Crippen LogP contribution in [0.5, 0.6) is 0 Å². The quantitative estimate of drug-likeness (QED) is 0.631. The summed E-state index contributed by atoms with van der Waals surface area (Å²) in [5.41, 5.74) is 1.32. The number of barbiturate groups is 1. The molecular weight excluding hydrogens is 374 g/mol. The van der Waals surface area contributed by atoms with E-state index < -0.39 is 17.8 Å². The molecule has 0 saturated carbocycles. The van der Waals surface area contributed by atoms with Crippen LogP contribution in [0.3, 0.4) is 0 Å². The maximum absolute atomic E-state index is 12.9. The highest BCUT2D eigenvalue weighted by atomic mass is 16.5. The minimum Gasteiger partial charge on any atom is -0.441 e. The van der Waals surface area contributed by atoms with Gasteiger partial charge in [0.05, 0.1) is 18.9 Å². The predicted octanol–water partition coefficient (Wildman–Crippen LogP) is 2.35. The molecule has 0 spiro atoms. The lowest BCUT2D eigenvalue weighted by Gasteiger charge is -2.26. The lowest BCUT2D eigenvalue weighted by atomic mass is 10.1. The number of aryl methyl sites for hydroxylation is 1. The van der Waals surface area contributed by atoms with Gasteiger partial charge in [0, 0.05) is 19.2 Å². The Kier molecular flexibility index (Phi) is 5.18. The zero-order chi connectivity index (χ0) is 20.4. The van der Waals surface area contributed by atoms with Crippen LogP contribution in [-0.2, 0) is 20.7 Å². The highest BCUT2D eigenvalue weighted by molar-refractivity contribution is 6.39. The third-order valence-electron chi connectivity index (χ3n) is 4.93. The van der Waals surface area contributed by atoms with E-state index in [1.807, 2.05) is 24.0 Å². The summed E-state index contributed by atoms with van der Waals surface area (Å²) < 4.78 is 11.1. The second-order valence-corrected chi connectivity index (χ2v) is 6.75. The van der Waals surface area contributed by atoms with Gasteiger partial charge in [0.2, 0.25) is 0 Å². The van der Waals surface area contributed by atoms with Gasteiger partial charge in [-0.1, -0.05) is 19.1 Å². The molecular formula is C21H21N3O5. The summed E-state index contributed by atoms with van der Waals surface area (Å²) in [6.07, 6.45) is 2.20. The molecule has 150 valence electrons. The topological polar surface area (TPSA) is 92.1 Å². The molecule has 8 heteroatoms. The molecule has 2 aromatic rings. The number of furan rings is 1. The van der Waals surface area contributed by atoms with Crippen LogP contribution in [0.4, 0.5) is 16.4 Å². The molecule has 0 aliphatic carbocycles. The summed E-state index contributed by atoms with van der Waals surface area (Å²) in [5, 5.41) is 2.22.